The molecular formula is C10H16F2O7S. The summed E-state index contributed by atoms with van der Waals surface area (Å²) in [4.78, 5) is 27.0. The van der Waals surface area contributed by atoms with Crippen LogP contribution in [0.2, 0.25) is 0 Å². The van der Waals surface area contributed by atoms with Crippen molar-refractivity contribution < 1.29 is 42.1 Å². The Kier molecular flexibility index (Phi) is 12.4. The zero-order valence-electron chi connectivity index (χ0n) is 10.8. The molecule has 0 amide bonds. The lowest BCUT2D eigenvalue weighted by atomic mass is 10.1. The third-order valence-electron chi connectivity index (χ3n) is 1.82. The lowest BCUT2D eigenvalue weighted by Gasteiger charge is -2.13. The highest BCUT2D eigenvalue weighted by Gasteiger charge is 2.25. The van der Waals surface area contributed by atoms with E-state index in [9.17, 15) is 18.4 Å². The summed E-state index contributed by atoms with van der Waals surface area (Å²) in [5.74, 6) is -2.50. The highest BCUT2D eigenvalue weighted by molar-refractivity contribution is 7.94. The van der Waals surface area contributed by atoms with Gasteiger partial charge in [-0.3, -0.25) is 9.59 Å². The summed E-state index contributed by atoms with van der Waals surface area (Å²) in [6, 6.07) is 0. The highest BCUT2D eigenvalue weighted by Crippen LogP contribution is 2.16. The van der Waals surface area contributed by atoms with Crippen molar-refractivity contribution in [2.45, 2.75) is 6.42 Å². The molecule has 0 saturated carbocycles. The molecule has 0 bridgehead atoms. The first-order valence-electron chi connectivity index (χ1n) is 5.58. The van der Waals surface area contributed by atoms with E-state index in [2.05, 4.69) is 23.7 Å². The van der Waals surface area contributed by atoms with Gasteiger partial charge in [0, 0.05) is 17.8 Å². The maximum Gasteiger partial charge on any atom is 0.310 e. The lowest BCUT2D eigenvalue weighted by Crippen LogP contribution is -2.25. The molecule has 118 valence electrons. The molecule has 0 N–H and O–H groups in total. The van der Waals surface area contributed by atoms with Crippen LogP contribution in [-0.4, -0.2) is 51.4 Å². The highest BCUT2D eigenvalue weighted by atomic mass is 32.2. The Morgan fingerprint density at radius 3 is 2.40 bits per heavy atom. The van der Waals surface area contributed by atoms with Gasteiger partial charge in [0.05, 0.1) is 19.4 Å². The summed E-state index contributed by atoms with van der Waals surface area (Å²) in [5, 5.41) is 4.10. The molecule has 0 fully saturated rings. The Morgan fingerprint density at radius 1 is 1.15 bits per heavy atom. The van der Waals surface area contributed by atoms with Crippen LogP contribution in [0.15, 0.2) is 0 Å². The van der Waals surface area contributed by atoms with Crippen molar-refractivity contribution in [3.63, 3.8) is 0 Å². The third-order valence-corrected chi connectivity index (χ3v) is 2.51. The van der Waals surface area contributed by atoms with E-state index in [1.165, 1.54) is 7.11 Å². The fourth-order valence-electron chi connectivity index (χ4n) is 1.04. The normalized spacial score (nSPS) is 11.9. The number of carbonyl (C=O) groups is 2. The standard InChI is InChI=1S/C10H16F2O7S/c1-15-18-19-20-7-8(10(14)17-5-3-12)6-9(13)16-4-2-11/h8H,2-7H2,1H3. The fraction of sp³-hybridized carbons (Fsp3) is 0.800. The number of carbonyl (C=O) groups excluding carboxylic acids is 2. The minimum atomic E-state index is -0.931. The van der Waals surface area contributed by atoms with E-state index in [1.54, 1.807) is 0 Å². The van der Waals surface area contributed by atoms with Crippen molar-refractivity contribution in [2.75, 3.05) is 39.4 Å². The zero-order chi connectivity index (χ0) is 15.2. The summed E-state index contributed by atoms with van der Waals surface area (Å²) in [6.07, 6.45) is -0.339. The Bertz CT molecular complexity index is 280. The molecule has 0 spiro atoms. The van der Waals surface area contributed by atoms with Crippen LogP contribution in [-0.2, 0) is 33.3 Å². The number of hydrogen-bond acceptors (Lipinski definition) is 8. The summed E-state index contributed by atoms with van der Waals surface area (Å²) < 4.78 is 37.3. The predicted octanol–water partition coefficient (Wildman–Crippen LogP) is 1.18. The maximum absolute atomic E-state index is 11.9. The molecule has 0 rings (SSSR count). The van der Waals surface area contributed by atoms with E-state index in [0.717, 1.165) is 0 Å². The summed E-state index contributed by atoms with van der Waals surface area (Å²) in [5.41, 5.74) is 0. The molecular weight excluding hydrogens is 302 g/mol. The van der Waals surface area contributed by atoms with Crippen LogP contribution in [0, 0.1) is 5.92 Å². The van der Waals surface area contributed by atoms with Crippen molar-refractivity contribution in [2.24, 2.45) is 5.92 Å². The minimum absolute atomic E-state index is 0.0147. The number of alkyl halides is 2. The Balaban J connectivity index is 4.22. The number of ether oxygens (including phenoxy) is 2. The van der Waals surface area contributed by atoms with E-state index >= 15 is 0 Å². The van der Waals surface area contributed by atoms with Gasteiger partial charge in [0.1, 0.15) is 26.6 Å². The van der Waals surface area contributed by atoms with Crippen LogP contribution in [0.5, 0.6) is 0 Å². The zero-order valence-corrected chi connectivity index (χ0v) is 11.7. The molecule has 0 radical (unpaired) electrons. The van der Waals surface area contributed by atoms with Gasteiger partial charge in [-0.05, 0) is 0 Å². The molecule has 0 saturated heterocycles. The molecule has 1 unspecified atom stereocenters. The predicted molar refractivity (Wildman–Crippen MR) is 63.6 cm³/mol. The molecule has 20 heavy (non-hydrogen) atoms. The SMILES string of the molecule is COOOSCC(CC(=O)OCCF)C(=O)OCCF. The Morgan fingerprint density at radius 2 is 1.80 bits per heavy atom. The Hall–Kier alpha value is -0.970. The molecule has 0 aromatic carbocycles. The number of esters is 2. The summed E-state index contributed by atoms with van der Waals surface area (Å²) in [6.45, 7) is -2.44. The molecule has 7 nitrogen and oxygen atoms in total. The molecule has 0 aromatic heterocycles. The summed E-state index contributed by atoms with van der Waals surface area (Å²) >= 11 is 0.690. The van der Waals surface area contributed by atoms with Gasteiger partial charge in [0.15, 0.2) is 0 Å². The van der Waals surface area contributed by atoms with Crippen LogP contribution in [0.25, 0.3) is 0 Å². The van der Waals surface area contributed by atoms with Crippen LogP contribution in [0.4, 0.5) is 8.78 Å². The molecule has 0 aliphatic carbocycles. The topological polar surface area (TPSA) is 80.3 Å². The van der Waals surface area contributed by atoms with Gasteiger partial charge in [-0.2, -0.15) is 0 Å². The van der Waals surface area contributed by atoms with Gasteiger partial charge in [-0.1, -0.05) is 5.04 Å². The number of hydrogen-bond donors (Lipinski definition) is 0. The first kappa shape index (κ1) is 19.0. The van der Waals surface area contributed by atoms with E-state index in [0.29, 0.717) is 12.0 Å². The number of rotatable bonds is 12. The van der Waals surface area contributed by atoms with Crippen LogP contribution in [0.1, 0.15) is 6.42 Å². The van der Waals surface area contributed by atoms with E-state index in [-0.39, 0.29) is 18.8 Å². The van der Waals surface area contributed by atoms with E-state index in [1.807, 2.05) is 0 Å². The van der Waals surface area contributed by atoms with Crippen LogP contribution >= 0.6 is 12.0 Å². The molecule has 0 aromatic rings. The fourth-order valence-corrected chi connectivity index (χ4v) is 1.61. The summed E-state index contributed by atoms with van der Waals surface area (Å²) in [7, 11) is 1.21. The molecule has 10 heteroatoms. The second-order valence-corrected chi connectivity index (χ2v) is 3.96. The number of halogens is 2. The van der Waals surface area contributed by atoms with Gasteiger partial charge in [-0.25, -0.2) is 13.7 Å². The van der Waals surface area contributed by atoms with E-state index < -0.39 is 37.8 Å². The monoisotopic (exact) mass is 318 g/mol. The van der Waals surface area contributed by atoms with E-state index in [4.69, 9.17) is 0 Å². The van der Waals surface area contributed by atoms with Gasteiger partial charge in [0.2, 0.25) is 0 Å². The van der Waals surface area contributed by atoms with Gasteiger partial charge in [-0.15, -0.1) is 4.33 Å². The quantitative estimate of drug-likeness (QED) is 0.174. The molecule has 0 aliphatic heterocycles. The average molecular weight is 318 g/mol. The van der Waals surface area contributed by atoms with Gasteiger partial charge < -0.3 is 9.47 Å². The smallest absolute Gasteiger partial charge is 0.310 e. The molecule has 0 heterocycles. The Labute approximate surface area is 118 Å². The van der Waals surface area contributed by atoms with Crippen molar-refractivity contribution >= 4 is 24.0 Å². The van der Waals surface area contributed by atoms with Crippen molar-refractivity contribution in [1.29, 1.82) is 0 Å². The van der Waals surface area contributed by atoms with Crippen LogP contribution < -0.4 is 0 Å². The minimum Gasteiger partial charge on any atom is -0.463 e. The van der Waals surface area contributed by atoms with Crippen LogP contribution in [0.3, 0.4) is 0 Å². The largest absolute Gasteiger partial charge is 0.463 e. The molecule has 1 atom stereocenters. The second kappa shape index (κ2) is 13.0. The van der Waals surface area contributed by atoms with Crippen molar-refractivity contribution in [3.8, 4) is 0 Å². The van der Waals surface area contributed by atoms with Gasteiger partial charge in [0.25, 0.3) is 0 Å². The third kappa shape index (κ3) is 9.89. The van der Waals surface area contributed by atoms with Crippen molar-refractivity contribution in [3.05, 3.63) is 0 Å². The molecule has 0 aliphatic rings. The van der Waals surface area contributed by atoms with Gasteiger partial charge >= 0.3 is 11.9 Å². The lowest BCUT2D eigenvalue weighted by molar-refractivity contribution is -0.447. The average Bonchev–Trinajstić information content (AvgIpc) is 2.45. The first-order chi connectivity index (χ1) is 9.65. The first-order valence-corrected chi connectivity index (χ1v) is 6.49. The second-order valence-electron chi connectivity index (χ2n) is 3.25. The maximum atomic E-state index is 11.9. The van der Waals surface area contributed by atoms with Crippen molar-refractivity contribution in [1.82, 2.24) is 0 Å².